The Morgan fingerprint density at radius 3 is 2.85 bits per heavy atom. The van der Waals surface area contributed by atoms with Crippen LogP contribution in [0.25, 0.3) is 0 Å². The van der Waals surface area contributed by atoms with E-state index in [9.17, 15) is 9.59 Å². The molecule has 2 rings (SSSR count). The van der Waals surface area contributed by atoms with Crippen LogP contribution in [0.1, 0.15) is 37.7 Å². The molecule has 0 saturated heterocycles. The number of hydrogen-bond donors (Lipinski definition) is 2. The second-order valence-electron chi connectivity index (χ2n) is 7.06. The van der Waals surface area contributed by atoms with Crippen LogP contribution in [0.4, 0.5) is 4.79 Å². The van der Waals surface area contributed by atoms with E-state index in [-0.39, 0.29) is 12.5 Å². The lowest BCUT2D eigenvalue weighted by atomic mass is 9.97. The molecule has 27 heavy (non-hydrogen) atoms. The smallest absolute Gasteiger partial charge is 0.321 e. The number of aryl methyl sites for hydroxylation is 1. The third-order valence-corrected chi connectivity index (χ3v) is 4.51. The Bertz CT molecular complexity index is 658. The Morgan fingerprint density at radius 2 is 2.11 bits per heavy atom. The molecule has 0 atom stereocenters. The maximum Gasteiger partial charge on any atom is 0.321 e. The molecule has 6 nitrogen and oxygen atoms in total. The lowest BCUT2D eigenvalue weighted by Crippen LogP contribution is -2.44. The number of amides is 3. The van der Waals surface area contributed by atoms with E-state index < -0.39 is 6.03 Å². The standard InChI is InChI=1S/C21H31N3O3/c1-17-7-6-10-19(15-17)27-14-13-24(2)16-20(25)23-21(26)22-12-11-18-8-4-3-5-9-18/h6-8,10,15H,3-5,9,11-14,16H2,1-2H3,(H2,22,23,25,26). The number of allylic oxidation sites excluding steroid dienone is 1. The predicted molar refractivity (Wildman–Crippen MR) is 107 cm³/mol. The molecular formula is C21H31N3O3. The number of hydrogen-bond acceptors (Lipinski definition) is 4. The summed E-state index contributed by atoms with van der Waals surface area (Å²) in [5.41, 5.74) is 2.55. The first-order valence-corrected chi connectivity index (χ1v) is 9.66. The lowest BCUT2D eigenvalue weighted by Gasteiger charge is -2.17. The summed E-state index contributed by atoms with van der Waals surface area (Å²) in [4.78, 5) is 25.6. The monoisotopic (exact) mass is 373 g/mol. The van der Waals surface area contributed by atoms with Gasteiger partial charge in [-0.3, -0.25) is 15.0 Å². The average Bonchev–Trinajstić information content (AvgIpc) is 2.62. The van der Waals surface area contributed by atoms with Gasteiger partial charge in [0.25, 0.3) is 0 Å². The number of ether oxygens (including phenoxy) is 1. The van der Waals surface area contributed by atoms with E-state index in [0.717, 1.165) is 30.6 Å². The van der Waals surface area contributed by atoms with E-state index in [0.29, 0.717) is 19.7 Å². The van der Waals surface area contributed by atoms with Crippen molar-refractivity contribution < 1.29 is 14.3 Å². The Balaban J connectivity index is 1.56. The van der Waals surface area contributed by atoms with E-state index in [1.165, 1.54) is 18.4 Å². The highest BCUT2D eigenvalue weighted by atomic mass is 16.5. The zero-order valence-electron chi connectivity index (χ0n) is 16.4. The minimum atomic E-state index is -0.430. The molecular weight excluding hydrogens is 342 g/mol. The number of nitrogens with zero attached hydrogens (tertiary/aromatic N) is 1. The molecule has 0 aromatic heterocycles. The van der Waals surface area contributed by atoms with Crippen LogP contribution < -0.4 is 15.4 Å². The molecule has 1 aromatic carbocycles. The minimum Gasteiger partial charge on any atom is -0.492 e. The SMILES string of the molecule is Cc1cccc(OCCN(C)CC(=O)NC(=O)NCCC2=CCCCC2)c1. The Morgan fingerprint density at radius 1 is 1.26 bits per heavy atom. The molecule has 148 valence electrons. The molecule has 0 aliphatic heterocycles. The molecule has 1 aromatic rings. The van der Waals surface area contributed by atoms with Crippen molar-refractivity contribution >= 4 is 11.9 Å². The second-order valence-corrected chi connectivity index (χ2v) is 7.06. The number of carbonyl (C=O) groups excluding carboxylic acids is 2. The van der Waals surface area contributed by atoms with E-state index >= 15 is 0 Å². The molecule has 0 saturated carbocycles. The molecule has 0 radical (unpaired) electrons. The van der Waals surface area contributed by atoms with Crippen molar-refractivity contribution in [3.63, 3.8) is 0 Å². The molecule has 3 amide bonds. The van der Waals surface area contributed by atoms with Gasteiger partial charge < -0.3 is 10.1 Å². The van der Waals surface area contributed by atoms with Gasteiger partial charge in [0.2, 0.25) is 5.91 Å². The van der Waals surface area contributed by atoms with Crippen molar-refractivity contribution in [2.75, 3.05) is 33.3 Å². The van der Waals surface area contributed by atoms with Gasteiger partial charge >= 0.3 is 6.03 Å². The molecule has 1 aliphatic rings. The van der Waals surface area contributed by atoms with Crippen LogP contribution in [0.2, 0.25) is 0 Å². The van der Waals surface area contributed by atoms with Gasteiger partial charge in [0.05, 0.1) is 6.54 Å². The first-order valence-electron chi connectivity index (χ1n) is 9.66. The van der Waals surface area contributed by atoms with Gasteiger partial charge in [-0.2, -0.15) is 0 Å². The van der Waals surface area contributed by atoms with E-state index in [1.807, 2.05) is 43.1 Å². The Kier molecular flexibility index (Phi) is 8.84. The zero-order chi connectivity index (χ0) is 19.5. The van der Waals surface area contributed by atoms with Gasteiger partial charge in [0, 0.05) is 13.1 Å². The zero-order valence-corrected chi connectivity index (χ0v) is 16.4. The summed E-state index contributed by atoms with van der Waals surface area (Å²) >= 11 is 0. The van der Waals surface area contributed by atoms with Crippen molar-refractivity contribution in [3.05, 3.63) is 41.5 Å². The summed E-state index contributed by atoms with van der Waals surface area (Å²) in [6.45, 7) is 3.80. The van der Waals surface area contributed by atoms with Crippen molar-refractivity contribution in [2.45, 2.75) is 39.0 Å². The Hall–Kier alpha value is -2.34. The number of carbonyl (C=O) groups is 2. The molecule has 0 unspecified atom stereocenters. The first kappa shape index (κ1) is 21.0. The van der Waals surface area contributed by atoms with Gasteiger partial charge in [-0.15, -0.1) is 0 Å². The molecule has 2 N–H and O–H groups in total. The van der Waals surface area contributed by atoms with Crippen LogP contribution in [0.5, 0.6) is 5.75 Å². The highest BCUT2D eigenvalue weighted by molar-refractivity contribution is 5.95. The maximum absolute atomic E-state index is 11.9. The van der Waals surface area contributed by atoms with E-state index in [2.05, 4.69) is 16.7 Å². The van der Waals surface area contributed by atoms with Gasteiger partial charge in [0.1, 0.15) is 12.4 Å². The van der Waals surface area contributed by atoms with Gasteiger partial charge in [-0.1, -0.05) is 23.8 Å². The number of likely N-dealkylation sites (N-methyl/N-ethyl adjacent to an activating group) is 1. The van der Waals surface area contributed by atoms with Crippen LogP contribution in [-0.2, 0) is 4.79 Å². The summed E-state index contributed by atoms with van der Waals surface area (Å²) in [5.74, 6) is 0.503. The Labute approximate surface area is 162 Å². The number of rotatable bonds is 9. The van der Waals surface area contributed by atoms with Crippen molar-refractivity contribution in [1.29, 1.82) is 0 Å². The van der Waals surface area contributed by atoms with Crippen molar-refractivity contribution in [3.8, 4) is 5.75 Å². The summed E-state index contributed by atoms with van der Waals surface area (Å²) in [6.07, 6.45) is 7.88. The summed E-state index contributed by atoms with van der Waals surface area (Å²) < 4.78 is 5.67. The lowest BCUT2D eigenvalue weighted by molar-refractivity contribution is -0.120. The summed E-state index contributed by atoms with van der Waals surface area (Å²) in [6, 6.07) is 7.42. The van der Waals surface area contributed by atoms with Crippen LogP contribution in [0.15, 0.2) is 35.9 Å². The van der Waals surface area contributed by atoms with Gasteiger partial charge in [0.15, 0.2) is 0 Å². The normalized spacial score (nSPS) is 13.8. The number of imide groups is 1. The molecule has 0 spiro atoms. The van der Waals surface area contributed by atoms with Crippen molar-refractivity contribution in [1.82, 2.24) is 15.5 Å². The number of nitrogens with one attached hydrogen (secondary N) is 2. The highest BCUT2D eigenvalue weighted by Gasteiger charge is 2.11. The van der Waals surface area contributed by atoms with Gasteiger partial charge in [-0.25, -0.2) is 4.79 Å². The molecule has 6 heteroatoms. The highest BCUT2D eigenvalue weighted by Crippen LogP contribution is 2.19. The maximum atomic E-state index is 11.9. The fourth-order valence-electron chi connectivity index (χ4n) is 3.03. The summed E-state index contributed by atoms with van der Waals surface area (Å²) in [7, 11) is 1.83. The quantitative estimate of drug-likeness (QED) is 0.653. The molecule has 0 fully saturated rings. The first-order chi connectivity index (χ1) is 13.0. The molecule has 0 bridgehead atoms. The number of benzene rings is 1. The van der Waals surface area contributed by atoms with Crippen LogP contribution in [0.3, 0.4) is 0 Å². The van der Waals surface area contributed by atoms with E-state index in [1.54, 1.807) is 0 Å². The van der Waals surface area contributed by atoms with Crippen molar-refractivity contribution in [2.24, 2.45) is 0 Å². The topological polar surface area (TPSA) is 70.7 Å². The summed E-state index contributed by atoms with van der Waals surface area (Å²) in [5, 5.41) is 5.12. The van der Waals surface area contributed by atoms with Crippen LogP contribution in [0, 0.1) is 6.92 Å². The fraction of sp³-hybridized carbons (Fsp3) is 0.524. The predicted octanol–water partition coefficient (Wildman–Crippen LogP) is 3.02. The third-order valence-electron chi connectivity index (χ3n) is 4.51. The van der Waals surface area contributed by atoms with Gasteiger partial charge in [-0.05, 0) is 63.8 Å². The van der Waals surface area contributed by atoms with Crippen LogP contribution in [-0.4, -0.2) is 50.1 Å². The fourth-order valence-corrected chi connectivity index (χ4v) is 3.03. The number of urea groups is 1. The van der Waals surface area contributed by atoms with E-state index in [4.69, 9.17) is 4.74 Å². The largest absolute Gasteiger partial charge is 0.492 e. The average molecular weight is 373 g/mol. The minimum absolute atomic E-state index is 0.149. The molecule has 1 aliphatic carbocycles. The molecule has 0 heterocycles. The third kappa shape index (κ3) is 8.73. The second kappa shape index (κ2) is 11.4. The van der Waals surface area contributed by atoms with Crippen LogP contribution >= 0.6 is 0 Å².